The second kappa shape index (κ2) is 6.82. The maximum absolute atomic E-state index is 12.6. The Morgan fingerprint density at radius 3 is 2.24 bits per heavy atom. The molecular formula is C17H22NO2P. The average molecular weight is 303 g/mol. The van der Waals surface area contributed by atoms with Crippen molar-refractivity contribution in [2.24, 2.45) is 0 Å². The minimum absolute atomic E-state index is 0.398. The van der Waals surface area contributed by atoms with Crippen LogP contribution in [0.5, 0.6) is 5.75 Å². The molecular weight excluding hydrogens is 281 g/mol. The van der Waals surface area contributed by atoms with Gasteiger partial charge < -0.3 is 9.84 Å². The Labute approximate surface area is 126 Å². The van der Waals surface area contributed by atoms with E-state index >= 15 is 0 Å². The first-order valence-electron chi connectivity index (χ1n) is 7.11. The fourth-order valence-corrected chi connectivity index (χ4v) is 3.61. The predicted molar refractivity (Wildman–Crippen MR) is 89.5 cm³/mol. The van der Waals surface area contributed by atoms with Crippen LogP contribution in [0.4, 0.5) is 5.69 Å². The Balaban J connectivity index is 2.01. The van der Waals surface area contributed by atoms with E-state index in [1.807, 2.05) is 54.6 Å². The molecule has 2 aromatic rings. The lowest BCUT2D eigenvalue weighted by Gasteiger charge is -2.16. The minimum Gasteiger partial charge on any atom is -0.443 e. The molecule has 0 amide bonds. The van der Waals surface area contributed by atoms with E-state index in [4.69, 9.17) is 4.52 Å². The van der Waals surface area contributed by atoms with Crippen molar-refractivity contribution in [2.75, 3.05) is 12.0 Å². The zero-order chi connectivity index (χ0) is 15.3. The van der Waals surface area contributed by atoms with Gasteiger partial charge in [0.2, 0.25) is 7.37 Å². The first-order valence-corrected chi connectivity index (χ1v) is 9.37. The number of benzene rings is 2. The Hall–Kier alpha value is -1.73. The van der Waals surface area contributed by atoms with E-state index in [-0.39, 0.29) is 0 Å². The normalized spacial score (nSPS) is 13.7. The number of anilines is 1. The van der Waals surface area contributed by atoms with E-state index in [2.05, 4.69) is 19.2 Å². The van der Waals surface area contributed by atoms with Crippen molar-refractivity contribution in [1.29, 1.82) is 0 Å². The van der Waals surface area contributed by atoms with Gasteiger partial charge in [-0.1, -0.05) is 30.3 Å². The molecule has 1 atom stereocenters. The zero-order valence-electron chi connectivity index (χ0n) is 12.7. The molecule has 2 rings (SSSR count). The van der Waals surface area contributed by atoms with Crippen LogP contribution in [0, 0.1) is 0 Å². The van der Waals surface area contributed by atoms with Gasteiger partial charge in [0.05, 0.1) is 6.16 Å². The standard InChI is InChI=1S/C17H22NO2P/c1-14(2)18-16-11-9-15(10-12-16)13-21(3,19)20-17-7-5-4-6-8-17/h4-12,14,18H,13H2,1-3H3. The van der Waals surface area contributed by atoms with Crippen molar-refractivity contribution >= 4 is 13.1 Å². The van der Waals surface area contributed by atoms with E-state index in [0.717, 1.165) is 11.3 Å². The van der Waals surface area contributed by atoms with Gasteiger partial charge >= 0.3 is 0 Å². The third-order valence-corrected chi connectivity index (χ3v) is 4.46. The molecule has 0 saturated carbocycles. The van der Waals surface area contributed by atoms with Crippen molar-refractivity contribution in [1.82, 2.24) is 0 Å². The van der Waals surface area contributed by atoms with Crippen LogP contribution in [-0.4, -0.2) is 12.7 Å². The zero-order valence-corrected chi connectivity index (χ0v) is 13.6. The highest BCUT2D eigenvalue weighted by molar-refractivity contribution is 7.57. The number of hydrogen-bond donors (Lipinski definition) is 1. The molecule has 0 bridgehead atoms. The molecule has 0 spiro atoms. The highest BCUT2D eigenvalue weighted by Crippen LogP contribution is 2.46. The summed E-state index contributed by atoms with van der Waals surface area (Å²) in [6, 6.07) is 17.7. The van der Waals surface area contributed by atoms with E-state index in [1.165, 1.54) is 0 Å². The third kappa shape index (κ3) is 5.28. The van der Waals surface area contributed by atoms with Crippen LogP contribution in [0.1, 0.15) is 19.4 Å². The number of nitrogens with one attached hydrogen (secondary N) is 1. The van der Waals surface area contributed by atoms with Crippen LogP contribution in [0.25, 0.3) is 0 Å². The van der Waals surface area contributed by atoms with Gasteiger partial charge in [-0.2, -0.15) is 0 Å². The van der Waals surface area contributed by atoms with Crippen molar-refractivity contribution in [3.05, 3.63) is 60.2 Å². The summed E-state index contributed by atoms with van der Waals surface area (Å²) in [6.45, 7) is 5.88. The largest absolute Gasteiger partial charge is 0.443 e. The molecule has 1 unspecified atom stereocenters. The summed E-state index contributed by atoms with van der Waals surface area (Å²) in [6.07, 6.45) is 0.434. The van der Waals surface area contributed by atoms with Crippen LogP contribution in [0.2, 0.25) is 0 Å². The minimum atomic E-state index is -2.70. The monoisotopic (exact) mass is 303 g/mol. The molecule has 0 aliphatic heterocycles. The SMILES string of the molecule is CC(C)Nc1ccc(CP(C)(=O)Oc2ccccc2)cc1. The lowest BCUT2D eigenvalue weighted by molar-refractivity contribution is 0.487. The number of hydrogen-bond acceptors (Lipinski definition) is 3. The van der Waals surface area contributed by atoms with E-state index in [1.54, 1.807) is 6.66 Å². The molecule has 0 aliphatic carbocycles. The smallest absolute Gasteiger partial charge is 0.249 e. The van der Waals surface area contributed by atoms with Gasteiger partial charge in [0.1, 0.15) is 5.75 Å². The van der Waals surface area contributed by atoms with E-state index in [0.29, 0.717) is 18.0 Å². The quantitative estimate of drug-likeness (QED) is 0.764. The molecule has 0 aliphatic rings. The molecule has 0 aromatic heterocycles. The fourth-order valence-electron chi connectivity index (χ4n) is 2.11. The highest BCUT2D eigenvalue weighted by atomic mass is 31.2. The molecule has 0 fully saturated rings. The maximum Gasteiger partial charge on any atom is 0.249 e. The summed E-state index contributed by atoms with van der Waals surface area (Å²) in [4.78, 5) is 0. The summed E-state index contributed by atoms with van der Waals surface area (Å²) in [5.74, 6) is 0.654. The lowest BCUT2D eigenvalue weighted by atomic mass is 10.2. The highest BCUT2D eigenvalue weighted by Gasteiger charge is 2.18. The van der Waals surface area contributed by atoms with E-state index in [9.17, 15) is 4.57 Å². The summed E-state index contributed by atoms with van der Waals surface area (Å²) >= 11 is 0. The maximum atomic E-state index is 12.6. The summed E-state index contributed by atoms with van der Waals surface area (Å²) in [5, 5.41) is 3.33. The first kappa shape index (κ1) is 15.7. The summed E-state index contributed by atoms with van der Waals surface area (Å²) in [7, 11) is -2.70. The van der Waals surface area contributed by atoms with Gasteiger partial charge in [0, 0.05) is 18.4 Å². The number of rotatable bonds is 6. The Morgan fingerprint density at radius 2 is 1.67 bits per heavy atom. The molecule has 0 radical (unpaired) electrons. The van der Waals surface area contributed by atoms with Crippen molar-refractivity contribution in [3.8, 4) is 5.75 Å². The van der Waals surface area contributed by atoms with Crippen LogP contribution in [0.15, 0.2) is 54.6 Å². The van der Waals surface area contributed by atoms with Gasteiger partial charge in [0.25, 0.3) is 0 Å². The molecule has 21 heavy (non-hydrogen) atoms. The fraction of sp³-hybridized carbons (Fsp3) is 0.294. The van der Waals surface area contributed by atoms with Gasteiger partial charge in [-0.3, -0.25) is 4.57 Å². The summed E-state index contributed by atoms with van der Waals surface area (Å²) < 4.78 is 18.2. The van der Waals surface area contributed by atoms with Crippen LogP contribution in [0.3, 0.4) is 0 Å². The third-order valence-electron chi connectivity index (χ3n) is 2.92. The molecule has 4 heteroatoms. The Kier molecular flexibility index (Phi) is 5.08. The predicted octanol–water partition coefficient (Wildman–Crippen LogP) is 4.99. The van der Waals surface area contributed by atoms with Crippen LogP contribution >= 0.6 is 7.37 Å². The first-order chi connectivity index (χ1) is 9.94. The van der Waals surface area contributed by atoms with Gasteiger partial charge in [-0.15, -0.1) is 0 Å². The second-order valence-electron chi connectivity index (χ2n) is 5.57. The van der Waals surface area contributed by atoms with Crippen molar-refractivity contribution < 1.29 is 9.09 Å². The average Bonchev–Trinajstić information content (AvgIpc) is 2.40. The molecule has 112 valence electrons. The van der Waals surface area contributed by atoms with Gasteiger partial charge in [0.15, 0.2) is 0 Å². The molecule has 0 heterocycles. The lowest BCUT2D eigenvalue weighted by Crippen LogP contribution is -2.09. The van der Waals surface area contributed by atoms with Crippen molar-refractivity contribution in [2.45, 2.75) is 26.1 Å². The van der Waals surface area contributed by atoms with Crippen LogP contribution < -0.4 is 9.84 Å². The summed E-state index contributed by atoms with van der Waals surface area (Å²) in [5.41, 5.74) is 2.09. The van der Waals surface area contributed by atoms with Crippen molar-refractivity contribution in [3.63, 3.8) is 0 Å². The molecule has 1 N–H and O–H groups in total. The Bertz CT molecular complexity index is 608. The van der Waals surface area contributed by atoms with Crippen LogP contribution in [-0.2, 0) is 10.7 Å². The molecule has 2 aromatic carbocycles. The van der Waals surface area contributed by atoms with Gasteiger partial charge in [-0.25, -0.2) is 0 Å². The topological polar surface area (TPSA) is 38.3 Å². The molecule has 3 nitrogen and oxygen atoms in total. The van der Waals surface area contributed by atoms with E-state index < -0.39 is 7.37 Å². The van der Waals surface area contributed by atoms with Gasteiger partial charge in [-0.05, 0) is 43.7 Å². The number of para-hydroxylation sites is 1. The molecule has 0 saturated heterocycles. The second-order valence-corrected chi connectivity index (χ2v) is 8.10. The Morgan fingerprint density at radius 1 is 1.05 bits per heavy atom.